The minimum absolute atomic E-state index is 0.219. The van der Waals surface area contributed by atoms with Crippen LogP contribution < -0.4 is 5.73 Å². The predicted octanol–water partition coefficient (Wildman–Crippen LogP) is 1.19. The molecule has 0 atom stereocenters. The van der Waals surface area contributed by atoms with Gasteiger partial charge in [-0.05, 0) is 12.1 Å². The van der Waals surface area contributed by atoms with E-state index in [1.165, 1.54) is 6.07 Å². The van der Waals surface area contributed by atoms with Gasteiger partial charge in [-0.25, -0.2) is 8.42 Å². The molecule has 0 aliphatic heterocycles. The lowest BCUT2D eigenvalue weighted by Gasteiger charge is -2.08. The molecule has 2 aromatic rings. The van der Waals surface area contributed by atoms with Crippen molar-refractivity contribution in [1.29, 1.82) is 0 Å². The molecule has 0 heterocycles. The highest BCUT2D eigenvalue weighted by atomic mass is 32.2. The zero-order valence-electron chi connectivity index (χ0n) is 9.13. The van der Waals surface area contributed by atoms with Crippen molar-refractivity contribution in [3.63, 3.8) is 0 Å². The van der Waals surface area contributed by atoms with E-state index in [1.807, 2.05) is 0 Å². The highest BCUT2D eigenvalue weighted by Crippen LogP contribution is 2.28. The van der Waals surface area contributed by atoms with Gasteiger partial charge in [0.1, 0.15) is 0 Å². The quantitative estimate of drug-likeness (QED) is 0.803. The zero-order valence-corrected chi connectivity index (χ0v) is 9.94. The van der Waals surface area contributed by atoms with E-state index in [9.17, 15) is 8.42 Å². The zero-order chi connectivity index (χ0) is 12.5. The van der Waals surface area contributed by atoms with E-state index < -0.39 is 9.84 Å². The maximum atomic E-state index is 12.0. The second kappa shape index (κ2) is 4.35. The summed E-state index contributed by atoms with van der Waals surface area (Å²) in [5, 5.41) is 10.1. The number of fused-ring (bicyclic) bond motifs is 1. The number of rotatable bonds is 3. The number of sulfone groups is 1. The number of nitrogen functional groups attached to an aromatic ring is 1. The standard InChI is InChI=1S/C12H13NO3S/c13-11-5-6-12(17(15,16)8-7-14)10-4-2-1-3-9(10)11/h1-6,14H,7-8,13H2. The Labute approximate surface area is 99.6 Å². The van der Waals surface area contributed by atoms with Gasteiger partial charge in [-0.15, -0.1) is 0 Å². The van der Waals surface area contributed by atoms with Crippen molar-refractivity contribution < 1.29 is 13.5 Å². The molecule has 2 rings (SSSR count). The second-order valence-electron chi connectivity index (χ2n) is 3.74. The smallest absolute Gasteiger partial charge is 0.181 e. The van der Waals surface area contributed by atoms with Gasteiger partial charge in [-0.2, -0.15) is 0 Å². The van der Waals surface area contributed by atoms with Crippen molar-refractivity contribution >= 4 is 26.3 Å². The van der Waals surface area contributed by atoms with Crippen molar-refractivity contribution in [1.82, 2.24) is 0 Å². The van der Waals surface area contributed by atoms with E-state index in [-0.39, 0.29) is 17.3 Å². The Hall–Kier alpha value is -1.59. The molecule has 90 valence electrons. The third kappa shape index (κ3) is 2.11. The predicted molar refractivity (Wildman–Crippen MR) is 67.5 cm³/mol. The first kappa shape index (κ1) is 11.9. The van der Waals surface area contributed by atoms with Crippen LogP contribution in [0.15, 0.2) is 41.3 Å². The third-order valence-corrected chi connectivity index (χ3v) is 4.36. The molecule has 2 aromatic carbocycles. The Morgan fingerprint density at radius 3 is 2.35 bits per heavy atom. The van der Waals surface area contributed by atoms with Crippen LogP contribution in [0.3, 0.4) is 0 Å². The summed E-state index contributed by atoms with van der Waals surface area (Å²) in [5.74, 6) is -0.277. The number of hydrogen-bond acceptors (Lipinski definition) is 4. The Kier molecular flexibility index (Phi) is 3.04. The molecule has 0 spiro atoms. The Morgan fingerprint density at radius 2 is 1.71 bits per heavy atom. The maximum Gasteiger partial charge on any atom is 0.181 e. The van der Waals surface area contributed by atoms with Gasteiger partial charge in [0, 0.05) is 16.5 Å². The van der Waals surface area contributed by atoms with Gasteiger partial charge in [-0.3, -0.25) is 0 Å². The average Bonchev–Trinajstić information content (AvgIpc) is 2.29. The summed E-state index contributed by atoms with van der Waals surface area (Å²) < 4.78 is 23.9. The minimum atomic E-state index is -3.46. The number of hydrogen-bond donors (Lipinski definition) is 2. The summed E-state index contributed by atoms with van der Waals surface area (Å²) in [4.78, 5) is 0.219. The summed E-state index contributed by atoms with van der Waals surface area (Å²) in [7, 11) is -3.46. The first-order chi connectivity index (χ1) is 8.06. The fourth-order valence-electron chi connectivity index (χ4n) is 1.80. The highest BCUT2D eigenvalue weighted by Gasteiger charge is 2.17. The van der Waals surface area contributed by atoms with Crippen LogP contribution in [0.4, 0.5) is 5.69 Å². The monoisotopic (exact) mass is 251 g/mol. The number of aliphatic hydroxyl groups is 1. The summed E-state index contributed by atoms with van der Waals surface area (Å²) in [6, 6.07) is 10.1. The van der Waals surface area contributed by atoms with Crippen LogP contribution in [0.2, 0.25) is 0 Å². The van der Waals surface area contributed by atoms with E-state index in [1.54, 1.807) is 30.3 Å². The molecule has 0 saturated carbocycles. The summed E-state index contributed by atoms with van der Waals surface area (Å²) in [5.41, 5.74) is 6.34. The van der Waals surface area contributed by atoms with Crippen LogP contribution in [0.1, 0.15) is 0 Å². The maximum absolute atomic E-state index is 12.0. The van der Waals surface area contributed by atoms with E-state index >= 15 is 0 Å². The SMILES string of the molecule is Nc1ccc(S(=O)(=O)CCO)c2ccccc12. The molecular weight excluding hydrogens is 238 g/mol. The van der Waals surface area contributed by atoms with Crippen LogP contribution in [0.25, 0.3) is 10.8 Å². The first-order valence-electron chi connectivity index (χ1n) is 5.17. The van der Waals surface area contributed by atoms with Crippen LogP contribution in [-0.4, -0.2) is 25.9 Å². The van der Waals surface area contributed by atoms with E-state index in [0.29, 0.717) is 16.5 Å². The lowest BCUT2D eigenvalue weighted by atomic mass is 10.1. The number of nitrogens with two attached hydrogens (primary N) is 1. The van der Waals surface area contributed by atoms with Gasteiger partial charge in [0.25, 0.3) is 0 Å². The van der Waals surface area contributed by atoms with Gasteiger partial charge >= 0.3 is 0 Å². The number of benzene rings is 2. The van der Waals surface area contributed by atoms with Gasteiger partial charge in [0.05, 0.1) is 17.3 Å². The molecule has 0 saturated heterocycles. The molecular formula is C12H13NO3S. The fraction of sp³-hybridized carbons (Fsp3) is 0.167. The summed E-state index contributed by atoms with van der Waals surface area (Å²) in [6.07, 6.45) is 0. The van der Waals surface area contributed by atoms with Crippen LogP contribution >= 0.6 is 0 Å². The van der Waals surface area contributed by atoms with Crippen LogP contribution in [0, 0.1) is 0 Å². The van der Waals surface area contributed by atoms with Crippen molar-refractivity contribution in [3.05, 3.63) is 36.4 Å². The molecule has 5 heteroatoms. The van der Waals surface area contributed by atoms with E-state index in [2.05, 4.69) is 0 Å². The number of aliphatic hydroxyl groups excluding tert-OH is 1. The van der Waals surface area contributed by atoms with E-state index in [0.717, 1.165) is 0 Å². The Balaban J connectivity index is 2.76. The molecule has 3 N–H and O–H groups in total. The number of anilines is 1. The molecule has 0 amide bonds. The molecule has 17 heavy (non-hydrogen) atoms. The van der Waals surface area contributed by atoms with Crippen molar-refractivity contribution in [2.75, 3.05) is 18.1 Å². The molecule has 0 bridgehead atoms. The lowest BCUT2D eigenvalue weighted by Crippen LogP contribution is -2.10. The Morgan fingerprint density at radius 1 is 1.06 bits per heavy atom. The molecule has 0 unspecified atom stereocenters. The molecule has 0 aliphatic carbocycles. The normalized spacial score (nSPS) is 11.8. The topological polar surface area (TPSA) is 80.4 Å². The average molecular weight is 251 g/mol. The third-order valence-electron chi connectivity index (χ3n) is 2.61. The van der Waals surface area contributed by atoms with Crippen molar-refractivity contribution in [2.24, 2.45) is 0 Å². The second-order valence-corrected chi connectivity index (χ2v) is 5.82. The molecule has 0 aromatic heterocycles. The van der Waals surface area contributed by atoms with Gasteiger partial charge in [-0.1, -0.05) is 24.3 Å². The molecule has 4 nitrogen and oxygen atoms in total. The summed E-state index contributed by atoms with van der Waals surface area (Å²) >= 11 is 0. The lowest BCUT2D eigenvalue weighted by molar-refractivity contribution is 0.319. The van der Waals surface area contributed by atoms with Crippen LogP contribution in [0.5, 0.6) is 0 Å². The molecule has 0 radical (unpaired) electrons. The molecule has 0 aliphatic rings. The highest BCUT2D eigenvalue weighted by molar-refractivity contribution is 7.91. The first-order valence-corrected chi connectivity index (χ1v) is 6.82. The van der Waals surface area contributed by atoms with Gasteiger partial charge in [0.15, 0.2) is 9.84 Å². The van der Waals surface area contributed by atoms with Gasteiger partial charge in [0.2, 0.25) is 0 Å². The van der Waals surface area contributed by atoms with Gasteiger partial charge < -0.3 is 10.8 Å². The largest absolute Gasteiger partial charge is 0.398 e. The summed E-state index contributed by atoms with van der Waals surface area (Å²) in [6.45, 7) is -0.388. The van der Waals surface area contributed by atoms with Crippen molar-refractivity contribution in [2.45, 2.75) is 4.90 Å². The van der Waals surface area contributed by atoms with Crippen molar-refractivity contribution in [3.8, 4) is 0 Å². The molecule has 0 fully saturated rings. The fourth-order valence-corrected chi connectivity index (χ4v) is 3.04. The van der Waals surface area contributed by atoms with Crippen LogP contribution in [-0.2, 0) is 9.84 Å². The van der Waals surface area contributed by atoms with E-state index in [4.69, 9.17) is 10.8 Å². The minimum Gasteiger partial charge on any atom is -0.398 e. The Bertz CT molecular complexity index is 650.